The highest BCUT2D eigenvalue weighted by Crippen LogP contribution is 2.32. The molecule has 0 spiro atoms. The first-order valence-corrected chi connectivity index (χ1v) is 7.76. The molecule has 1 aliphatic heterocycles. The van der Waals surface area contributed by atoms with E-state index in [1.807, 2.05) is 24.3 Å². The van der Waals surface area contributed by atoms with E-state index in [2.05, 4.69) is 10.3 Å². The molecular formula is C15H17N3O2S. The average molecular weight is 303 g/mol. The van der Waals surface area contributed by atoms with Crippen molar-refractivity contribution in [3.05, 3.63) is 34.7 Å². The third-order valence-corrected chi connectivity index (χ3v) is 5.04. The number of nitrogens with one attached hydrogen (secondary N) is 1. The molecule has 0 aliphatic carbocycles. The Balaban J connectivity index is 1.95. The fraction of sp³-hybridized carbons (Fsp3) is 0.333. The minimum absolute atomic E-state index is 0.251. The van der Waals surface area contributed by atoms with E-state index in [-0.39, 0.29) is 5.91 Å². The molecule has 2 aromatic rings. The number of Topliss-reactive ketones (excluding diaryl/α,β-unsaturated/α-hetero) is 1. The number of nitrogen functional groups attached to an aromatic ring is 1. The van der Waals surface area contributed by atoms with Crippen molar-refractivity contribution >= 4 is 33.1 Å². The number of nitrogens with two attached hydrogens (primary N) is 1. The fourth-order valence-electron chi connectivity index (χ4n) is 2.69. The Kier molecular flexibility index (Phi) is 4.01. The Bertz CT molecular complexity index is 685. The minimum atomic E-state index is -0.251. The highest BCUT2D eigenvalue weighted by atomic mass is 32.1. The van der Waals surface area contributed by atoms with Crippen LogP contribution in [0.25, 0.3) is 10.1 Å². The first-order valence-electron chi connectivity index (χ1n) is 6.94. The number of hydrogen-bond acceptors (Lipinski definition) is 5. The van der Waals surface area contributed by atoms with Crippen molar-refractivity contribution in [2.75, 3.05) is 13.1 Å². The molecule has 1 aliphatic rings. The first-order chi connectivity index (χ1) is 10.2. The van der Waals surface area contributed by atoms with Gasteiger partial charge in [0, 0.05) is 37.2 Å². The van der Waals surface area contributed by atoms with Gasteiger partial charge < -0.3 is 0 Å². The number of ketones is 1. The van der Waals surface area contributed by atoms with E-state index in [0.717, 1.165) is 28.7 Å². The number of likely N-dealkylation sites (tertiary alicyclic amines) is 1. The predicted molar refractivity (Wildman–Crippen MR) is 83.0 cm³/mol. The lowest BCUT2D eigenvalue weighted by molar-refractivity contribution is -0.121. The summed E-state index contributed by atoms with van der Waals surface area (Å²) in [6.45, 7) is 2.19. The lowest BCUT2D eigenvalue weighted by Crippen LogP contribution is -2.34. The van der Waals surface area contributed by atoms with Gasteiger partial charge in [0.05, 0.1) is 4.88 Å². The SMILES string of the molecule is NNC(=O)c1sc2ccccc2c1CN1CCC(=O)CC1. The zero-order chi connectivity index (χ0) is 14.8. The van der Waals surface area contributed by atoms with E-state index >= 15 is 0 Å². The van der Waals surface area contributed by atoms with Crippen LogP contribution >= 0.6 is 11.3 Å². The molecule has 0 radical (unpaired) electrons. The number of carbonyl (C=O) groups is 2. The monoisotopic (exact) mass is 303 g/mol. The maximum Gasteiger partial charge on any atom is 0.275 e. The van der Waals surface area contributed by atoms with Gasteiger partial charge in [0.1, 0.15) is 5.78 Å². The van der Waals surface area contributed by atoms with Gasteiger partial charge in [-0.15, -0.1) is 11.3 Å². The number of amides is 1. The number of piperidine rings is 1. The molecule has 1 fully saturated rings. The molecule has 1 amide bonds. The summed E-state index contributed by atoms with van der Waals surface area (Å²) in [5.74, 6) is 5.37. The largest absolute Gasteiger partial charge is 0.300 e. The van der Waals surface area contributed by atoms with Crippen molar-refractivity contribution < 1.29 is 9.59 Å². The van der Waals surface area contributed by atoms with Gasteiger partial charge in [-0.2, -0.15) is 0 Å². The molecule has 110 valence electrons. The van der Waals surface area contributed by atoms with E-state index in [9.17, 15) is 9.59 Å². The molecule has 0 bridgehead atoms. The molecular weight excluding hydrogens is 286 g/mol. The van der Waals surface area contributed by atoms with Crippen LogP contribution in [0.4, 0.5) is 0 Å². The second-order valence-corrected chi connectivity index (χ2v) is 6.25. The predicted octanol–water partition coefficient (Wildman–Crippen LogP) is 1.67. The van der Waals surface area contributed by atoms with Gasteiger partial charge in [0.25, 0.3) is 5.91 Å². The van der Waals surface area contributed by atoms with E-state index in [1.165, 1.54) is 11.3 Å². The summed E-state index contributed by atoms with van der Waals surface area (Å²) in [6.07, 6.45) is 1.20. The highest BCUT2D eigenvalue weighted by molar-refractivity contribution is 7.21. The smallest absolute Gasteiger partial charge is 0.275 e. The van der Waals surface area contributed by atoms with Crippen LogP contribution in [0.2, 0.25) is 0 Å². The van der Waals surface area contributed by atoms with Gasteiger partial charge in [-0.05, 0) is 17.0 Å². The Morgan fingerprint density at radius 2 is 2.00 bits per heavy atom. The Hall–Kier alpha value is -1.76. The van der Waals surface area contributed by atoms with Crippen LogP contribution in [-0.2, 0) is 11.3 Å². The summed E-state index contributed by atoms with van der Waals surface area (Å²) in [5.41, 5.74) is 3.23. The molecule has 0 saturated carbocycles. The maximum atomic E-state index is 12.0. The van der Waals surface area contributed by atoms with Crippen molar-refractivity contribution in [1.82, 2.24) is 10.3 Å². The van der Waals surface area contributed by atoms with Gasteiger partial charge in [-0.1, -0.05) is 18.2 Å². The molecule has 1 aromatic carbocycles. The van der Waals surface area contributed by atoms with E-state index in [1.54, 1.807) is 0 Å². The first kappa shape index (κ1) is 14.2. The summed E-state index contributed by atoms with van der Waals surface area (Å²) < 4.78 is 1.08. The fourth-order valence-corrected chi connectivity index (χ4v) is 3.81. The normalized spacial score (nSPS) is 16.3. The second kappa shape index (κ2) is 5.93. The van der Waals surface area contributed by atoms with Crippen LogP contribution < -0.4 is 11.3 Å². The zero-order valence-electron chi connectivity index (χ0n) is 11.6. The quantitative estimate of drug-likeness (QED) is 0.514. The lowest BCUT2D eigenvalue weighted by atomic mass is 10.1. The van der Waals surface area contributed by atoms with E-state index < -0.39 is 0 Å². The number of benzene rings is 1. The number of nitrogens with zero attached hydrogens (tertiary/aromatic N) is 1. The topological polar surface area (TPSA) is 75.4 Å². The maximum absolute atomic E-state index is 12.0. The molecule has 6 heteroatoms. The van der Waals surface area contributed by atoms with Crippen LogP contribution in [0, 0.1) is 0 Å². The molecule has 1 aromatic heterocycles. The average Bonchev–Trinajstić information content (AvgIpc) is 2.88. The summed E-state index contributed by atoms with van der Waals surface area (Å²) in [7, 11) is 0. The van der Waals surface area contributed by atoms with Crippen molar-refractivity contribution in [3.8, 4) is 0 Å². The van der Waals surface area contributed by atoms with Gasteiger partial charge in [-0.25, -0.2) is 5.84 Å². The van der Waals surface area contributed by atoms with Crippen molar-refractivity contribution in [2.45, 2.75) is 19.4 Å². The number of hydrazine groups is 1. The van der Waals surface area contributed by atoms with Crippen LogP contribution in [0.1, 0.15) is 28.1 Å². The van der Waals surface area contributed by atoms with E-state index in [4.69, 9.17) is 5.84 Å². The third-order valence-electron chi connectivity index (χ3n) is 3.83. The van der Waals surface area contributed by atoms with Gasteiger partial charge in [0.15, 0.2) is 0 Å². The number of thiophene rings is 1. The Labute approximate surface area is 126 Å². The Morgan fingerprint density at radius 3 is 2.71 bits per heavy atom. The zero-order valence-corrected chi connectivity index (χ0v) is 12.4. The minimum Gasteiger partial charge on any atom is -0.300 e. The Morgan fingerprint density at radius 1 is 1.29 bits per heavy atom. The molecule has 0 atom stereocenters. The molecule has 3 rings (SSSR count). The van der Waals surface area contributed by atoms with Crippen molar-refractivity contribution in [3.63, 3.8) is 0 Å². The number of hydrogen-bond donors (Lipinski definition) is 2. The summed E-state index contributed by atoms with van der Waals surface area (Å²) in [6, 6.07) is 7.98. The molecule has 3 N–H and O–H groups in total. The van der Waals surface area contributed by atoms with E-state index in [0.29, 0.717) is 30.0 Å². The van der Waals surface area contributed by atoms with Gasteiger partial charge >= 0.3 is 0 Å². The molecule has 21 heavy (non-hydrogen) atoms. The molecule has 1 saturated heterocycles. The van der Waals surface area contributed by atoms with Crippen LogP contribution in [0.3, 0.4) is 0 Å². The van der Waals surface area contributed by atoms with Crippen LogP contribution in [0.15, 0.2) is 24.3 Å². The third kappa shape index (κ3) is 2.83. The van der Waals surface area contributed by atoms with Crippen LogP contribution in [-0.4, -0.2) is 29.7 Å². The standard InChI is InChI=1S/C15H17N3O2S/c16-17-15(20)14-12(9-18-7-5-10(19)6-8-18)11-3-1-2-4-13(11)21-14/h1-4H,5-9,16H2,(H,17,20). The van der Waals surface area contributed by atoms with Crippen molar-refractivity contribution in [2.24, 2.45) is 5.84 Å². The summed E-state index contributed by atoms with van der Waals surface area (Å²) >= 11 is 1.46. The van der Waals surface area contributed by atoms with Gasteiger partial charge in [-0.3, -0.25) is 19.9 Å². The van der Waals surface area contributed by atoms with Crippen LogP contribution in [0.5, 0.6) is 0 Å². The second-order valence-electron chi connectivity index (χ2n) is 5.19. The molecule has 0 unspecified atom stereocenters. The number of fused-ring (bicyclic) bond motifs is 1. The molecule has 2 heterocycles. The number of rotatable bonds is 3. The van der Waals surface area contributed by atoms with Gasteiger partial charge in [0.2, 0.25) is 0 Å². The summed E-state index contributed by atoms with van der Waals surface area (Å²) in [4.78, 5) is 26.2. The number of carbonyl (C=O) groups excluding carboxylic acids is 2. The van der Waals surface area contributed by atoms with Crippen molar-refractivity contribution in [1.29, 1.82) is 0 Å². The lowest BCUT2D eigenvalue weighted by Gasteiger charge is -2.25. The highest BCUT2D eigenvalue weighted by Gasteiger charge is 2.22. The summed E-state index contributed by atoms with van der Waals surface area (Å²) in [5, 5.41) is 1.10. The molecule has 5 nitrogen and oxygen atoms in total.